The van der Waals surface area contributed by atoms with Gasteiger partial charge in [-0.1, -0.05) is 19.9 Å². The lowest BCUT2D eigenvalue weighted by Crippen LogP contribution is -2.54. The quantitative estimate of drug-likeness (QED) is 0.673. The second kappa shape index (κ2) is 5.44. The number of hydrogen-bond donors (Lipinski definition) is 0. The molecule has 0 aromatic heterocycles. The van der Waals surface area contributed by atoms with Gasteiger partial charge < -0.3 is 4.74 Å². The first-order valence-electron chi connectivity index (χ1n) is 9.74. The Kier molecular flexibility index (Phi) is 3.71. The molecule has 3 heteroatoms. The van der Waals surface area contributed by atoms with Crippen molar-refractivity contribution in [1.29, 1.82) is 0 Å². The van der Waals surface area contributed by atoms with Gasteiger partial charge in [0.25, 0.3) is 0 Å². The molecule has 0 aromatic rings. The molecule has 0 aromatic carbocycles. The third-order valence-electron chi connectivity index (χ3n) is 8.22. The maximum Gasteiger partial charge on any atom is 0.302 e. The van der Waals surface area contributed by atoms with E-state index < -0.39 is 0 Å². The first-order chi connectivity index (χ1) is 11.3. The van der Waals surface area contributed by atoms with Crippen molar-refractivity contribution in [3.63, 3.8) is 0 Å². The van der Waals surface area contributed by atoms with Gasteiger partial charge in [0, 0.05) is 12.3 Å². The molecule has 0 aliphatic heterocycles. The van der Waals surface area contributed by atoms with Crippen LogP contribution in [0.15, 0.2) is 12.2 Å². The molecule has 0 bridgehead atoms. The van der Waals surface area contributed by atoms with Gasteiger partial charge in [0.05, 0.1) is 0 Å². The van der Waals surface area contributed by atoms with Gasteiger partial charge in [0.1, 0.15) is 6.10 Å². The molecule has 0 N–H and O–H groups in total. The summed E-state index contributed by atoms with van der Waals surface area (Å²) in [5.74, 6) is 2.73. The Labute approximate surface area is 145 Å². The first kappa shape index (κ1) is 16.4. The molecule has 7 atom stereocenters. The number of esters is 1. The number of fused-ring (bicyclic) bond motifs is 5. The van der Waals surface area contributed by atoms with Crippen LogP contribution >= 0.6 is 0 Å². The molecule has 4 aliphatic rings. The van der Waals surface area contributed by atoms with Crippen LogP contribution in [0.2, 0.25) is 0 Å². The van der Waals surface area contributed by atoms with Gasteiger partial charge in [-0.25, -0.2) is 0 Å². The van der Waals surface area contributed by atoms with Crippen molar-refractivity contribution in [3.05, 3.63) is 12.2 Å². The molecule has 4 rings (SSSR count). The summed E-state index contributed by atoms with van der Waals surface area (Å²) in [6, 6.07) is 0. The summed E-state index contributed by atoms with van der Waals surface area (Å²) >= 11 is 0. The normalized spacial score (nSPS) is 50.0. The summed E-state index contributed by atoms with van der Waals surface area (Å²) in [5, 5.41) is 0. The number of carbonyl (C=O) groups excluding carboxylic acids is 2. The van der Waals surface area contributed by atoms with Crippen molar-refractivity contribution in [2.24, 2.45) is 34.5 Å². The van der Waals surface area contributed by atoms with Crippen molar-refractivity contribution in [2.45, 2.75) is 71.8 Å². The predicted octanol–water partition coefficient (Wildman–Crippen LogP) is 4.31. The Balaban J connectivity index is 1.55. The van der Waals surface area contributed by atoms with Crippen LogP contribution in [0.25, 0.3) is 0 Å². The van der Waals surface area contributed by atoms with E-state index in [1.807, 2.05) is 6.08 Å². The zero-order chi connectivity index (χ0) is 17.1. The lowest BCUT2D eigenvalue weighted by Gasteiger charge is -2.60. The minimum Gasteiger partial charge on any atom is -0.463 e. The van der Waals surface area contributed by atoms with E-state index in [0.29, 0.717) is 29.0 Å². The molecule has 0 heterocycles. The molecule has 0 radical (unpaired) electrons. The number of ketones is 1. The lowest BCUT2D eigenvalue weighted by molar-refractivity contribution is -0.159. The molecule has 3 fully saturated rings. The number of allylic oxidation sites excluding steroid dienone is 2. The van der Waals surface area contributed by atoms with E-state index in [1.54, 1.807) is 0 Å². The number of rotatable bonds is 1. The highest BCUT2D eigenvalue weighted by molar-refractivity contribution is 5.97. The van der Waals surface area contributed by atoms with Crippen LogP contribution in [0, 0.1) is 34.5 Å². The van der Waals surface area contributed by atoms with Crippen LogP contribution in [0.4, 0.5) is 0 Å². The molecular weight excluding hydrogens is 300 g/mol. The van der Waals surface area contributed by atoms with Crippen molar-refractivity contribution in [3.8, 4) is 0 Å². The van der Waals surface area contributed by atoms with E-state index in [2.05, 4.69) is 19.9 Å². The largest absolute Gasteiger partial charge is 0.463 e. The van der Waals surface area contributed by atoms with Crippen molar-refractivity contribution >= 4 is 11.8 Å². The Morgan fingerprint density at radius 1 is 1.17 bits per heavy atom. The van der Waals surface area contributed by atoms with Crippen molar-refractivity contribution in [1.82, 2.24) is 0 Å². The summed E-state index contributed by atoms with van der Waals surface area (Å²) < 4.78 is 5.53. The van der Waals surface area contributed by atoms with Gasteiger partial charge in [-0.15, -0.1) is 0 Å². The van der Waals surface area contributed by atoms with Crippen LogP contribution in [0.1, 0.15) is 65.7 Å². The summed E-state index contributed by atoms with van der Waals surface area (Å²) in [6.07, 6.45) is 12.1. The average Bonchev–Trinajstić information content (AvgIpc) is 2.83. The minimum absolute atomic E-state index is 0.124. The highest BCUT2D eigenvalue weighted by Crippen LogP contribution is 2.64. The third-order valence-corrected chi connectivity index (χ3v) is 8.22. The Hall–Kier alpha value is -1.12. The van der Waals surface area contributed by atoms with Crippen LogP contribution < -0.4 is 0 Å². The minimum atomic E-state index is -0.139. The van der Waals surface area contributed by atoms with Gasteiger partial charge in [-0.3, -0.25) is 9.59 Å². The maximum atomic E-state index is 12.4. The second-order valence-corrected chi connectivity index (χ2v) is 9.26. The van der Waals surface area contributed by atoms with E-state index in [-0.39, 0.29) is 17.5 Å². The highest BCUT2D eigenvalue weighted by atomic mass is 16.5. The molecule has 0 spiro atoms. The topological polar surface area (TPSA) is 43.4 Å². The van der Waals surface area contributed by atoms with E-state index >= 15 is 0 Å². The van der Waals surface area contributed by atoms with E-state index in [0.717, 1.165) is 31.6 Å². The predicted molar refractivity (Wildman–Crippen MR) is 92.2 cm³/mol. The number of carbonyl (C=O) groups is 2. The molecule has 3 nitrogen and oxygen atoms in total. The van der Waals surface area contributed by atoms with Gasteiger partial charge in [0.2, 0.25) is 0 Å². The number of ether oxygens (including phenoxy) is 1. The summed E-state index contributed by atoms with van der Waals surface area (Å²) in [4.78, 5) is 23.7. The smallest absolute Gasteiger partial charge is 0.302 e. The third kappa shape index (κ3) is 2.23. The van der Waals surface area contributed by atoms with Crippen LogP contribution in [-0.2, 0) is 14.3 Å². The van der Waals surface area contributed by atoms with E-state index in [1.165, 1.54) is 26.2 Å². The van der Waals surface area contributed by atoms with Crippen LogP contribution in [-0.4, -0.2) is 17.9 Å². The van der Waals surface area contributed by atoms with Crippen LogP contribution in [0.5, 0.6) is 0 Å². The zero-order valence-electron chi connectivity index (χ0n) is 15.2. The highest BCUT2D eigenvalue weighted by Gasteiger charge is 2.59. The SMILES string of the molecule is CC(=O)O[C@H]1CC[C@@]2(C)[C@@H](CC[C@H]3C4C=CC(=O)[C@@]4(C)CC[C@@H]32)C1. The molecule has 132 valence electrons. The average molecular weight is 330 g/mol. The fourth-order valence-electron chi connectivity index (χ4n) is 6.83. The summed E-state index contributed by atoms with van der Waals surface area (Å²) in [7, 11) is 0. The second-order valence-electron chi connectivity index (χ2n) is 9.26. The van der Waals surface area contributed by atoms with Gasteiger partial charge in [0.15, 0.2) is 5.78 Å². The molecule has 0 saturated heterocycles. The van der Waals surface area contributed by atoms with E-state index in [4.69, 9.17) is 4.74 Å². The summed E-state index contributed by atoms with van der Waals surface area (Å²) in [5.41, 5.74) is 0.236. The van der Waals surface area contributed by atoms with Crippen molar-refractivity contribution < 1.29 is 14.3 Å². The molecule has 24 heavy (non-hydrogen) atoms. The monoisotopic (exact) mass is 330 g/mol. The Morgan fingerprint density at radius 3 is 2.71 bits per heavy atom. The van der Waals surface area contributed by atoms with Crippen LogP contribution in [0.3, 0.4) is 0 Å². The molecular formula is C21H30O3. The van der Waals surface area contributed by atoms with Gasteiger partial charge in [-0.05, 0) is 80.1 Å². The fraction of sp³-hybridized carbons (Fsp3) is 0.810. The molecule has 4 aliphatic carbocycles. The van der Waals surface area contributed by atoms with Crippen molar-refractivity contribution in [2.75, 3.05) is 0 Å². The Morgan fingerprint density at radius 2 is 1.96 bits per heavy atom. The standard InChI is InChI=1S/C21H30O3/c1-13(22)24-15-8-10-20(2)14(12-15)4-5-16-17-6-7-19(23)21(17,3)11-9-18(16)20/h6-7,14-18H,4-5,8-12H2,1-3H3/t14-,15-,16-,17?,18-,20-,21-/m0/s1. The summed E-state index contributed by atoms with van der Waals surface area (Å²) in [6.45, 7) is 6.21. The maximum absolute atomic E-state index is 12.4. The first-order valence-corrected chi connectivity index (χ1v) is 9.74. The fourth-order valence-corrected chi connectivity index (χ4v) is 6.83. The molecule has 3 saturated carbocycles. The zero-order valence-corrected chi connectivity index (χ0v) is 15.2. The number of hydrogen-bond acceptors (Lipinski definition) is 3. The molecule has 0 amide bonds. The van der Waals surface area contributed by atoms with Gasteiger partial charge in [-0.2, -0.15) is 0 Å². The van der Waals surface area contributed by atoms with E-state index in [9.17, 15) is 9.59 Å². The lowest BCUT2D eigenvalue weighted by atomic mass is 9.45. The Bertz CT molecular complexity index is 594. The molecule has 1 unspecified atom stereocenters. The van der Waals surface area contributed by atoms with Gasteiger partial charge >= 0.3 is 5.97 Å².